The fourth-order valence-corrected chi connectivity index (χ4v) is 5.37. The van der Waals surface area contributed by atoms with Crippen molar-refractivity contribution < 1.29 is 23.8 Å². The molecule has 35 heavy (non-hydrogen) atoms. The quantitative estimate of drug-likeness (QED) is 0.560. The second-order valence-corrected chi connectivity index (χ2v) is 10.6. The summed E-state index contributed by atoms with van der Waals surface area (Å²) in [6.07, 6.45) is 2.21. The minimum Gasteiger partial charge on any atom is -0.496 e. The predicted molar refractivity (Wildman–Crippen MR) is 136 cm³/mol. The fourth-order valence-electron chi connectivity index (χ4n) is 4.41. The van der Waals surface area contributed by atoms with Crippen LogP contribution < -0.4 is 10.1 Å². The van der Waals surface area contributed by atoms with Crippen LogP contribution >= 0.6 is 11.8 Å². The number of carbonyl (C=O) groups excluding carboxylic acids is 2. The highest BCUT2D eigenvalue weighted by Gasteiger charge is 2.43. The van der Waals surface area contributed by atoms with E-state index in [-0.39, 0.29) is 18.4 Å². The molecule has 0 aromatic heterocycles. The van der Waals surface area contributed by atoms with E-state index in [9.17, 15) is 9.59 Å². The number of hydrogen-bond donors (Lipinski definition) is 1. The lowest BCUT2D eigenvalue weighted by molar-refractivity contribution is -0.150. The van der Waals surface area contributed by atoms with Gasteiger partial charge in [-0.3, -0.25) is 4.79 Å². The molecule has 188 valence electrons. The molecule has 9 heteroatoms. The van der Waals surface area contributed by atoms with Crippen LogP contribution in [0.1, 0.15) is 58.6 Å². The summed E-state index contributed by atoms with van der Waals surface area (Å²) in [6, 6.07) is 7.05. The summed E-state index contributed by atoms with van der Waals surface area (Å²) >= 11 is 1.44. The average Bonchev–Trinajstić information content (AvgIpc) is 3.45. The number of methoxy groups -OCH3 is 1. The molecule has 0 aliphatic carbocycles. The van der Waals surface area contributed by atoms with Gasteiger partial charge in [0.2, 0.25) is 5.91 Å². The molecule has 1 saturated heterocycles. The number of para-hydroxylation sites is 1. The molecular formula is C26H33N3O5S. The lowest BCUT2D eigenvalue weighted by atomic mass is 9.93. The first-order valence-corrected chi connectivity index (χ1v) is 12.7. The third-order valence-electron chi connectivity index (χ3n) is 5.95. The second kappa shape index (κ2) is 10.5. The van der Waals surface area contributed by atoms with Gasteiger partial charge in [0.15, 0.2) is 5.17 Å². The zero-order valence-electron chi connectivity index (χ0n) is 20.9. The van der Waals surface area contributed by atoms with Crippen LogP contribution in [0, 0.1) is 0 Å². The summed E-state index contributed by atoms with van der Waals surface area (Å²) in [6.45, 7) is 8.58. The van der Waals surface area contributed by atoms with Gasteiger partial charge in [0.25, 0.3) is 0 Å². The Morgan fingerprint density at radius 3 is 2.74 bits per heavy atom. The summed E-state index contributed by atoms with van der Waals surface area (Å²) < 4.78 is 17.1. The molecule has 1 fully saturated rings. The highest BCUT2D eigenvalue weighted by molar-refractivity contribution is 8.16. The third-order valence-corrected chi connectivity index (χ3v) is 6.83. The number of amidine groups is 1. The standard InChI is InChI=1S/C26H33N3O5S/c1-16-22(24(31)34-26(2,3)4)23(19-10-6-7-11-20(19)32-5)29-17(15-35-25(29)28-16)13-21(30)27-14-18-9-8-12-33-18/h6-7,10-11,15,18,23H,8-9,12-14H2,1-5H3,(H,27,30)/t18-,23-/m0/s1. The van der Waals surface area contributed by atoms with Gasteiger partial charge in [-0.15, -0.1) is 0 Å². The van der Waals surface area contributed by atoms with Crippen molar-refractivity contribution in [2.45, 2.75) is 64.7 Å². The molecule has 0 bridgehead atoms. The normalized spacial score (nSPS) is 21.9. The molecule has 0 radical (unpaired) electrons. The molecule has 3 aliphatic rings. The summed E-state index contributed by atoms with van der Waals surface area (Å²) in [4.78, 5) is 33.0. The molecular weight excluding hydrogens is 466 g/mol. The Morgan fingerprint density at radius 1 is 1.29 bits per heavy atom. The Balaban J connectivity index is 1.66. The minimum atomic E-state index is -0.666. The minimum absolute atomic E-state index is 0.0728. The molecule has 2 atom stereocenters. The van der Waals surface area contributed by atoms with Crippen LogP contribution in [0.4, 0.5) is 0 Å². The van der Waals surface area contributed by atoms with Crippen molar-refractivity contribution in [1.82, 2.24) is 10.2 Å². The Bertz CT molecular complexity index is 1080. The number of amides is 1. The number of carbonyl (C=O) groups is 2. The van der Waals surface area contributed by atoms with E-state index in [2.05, 4.69) is 5.32 Å². The summed E-state index contributed by atoms with van der Waals surface area (Å²) in [5, 5.41) is 5.63. The Kier molecular flexibility index (Phi) is 7.56. The maximum Gasteiger partial charge on any atom is 0.338 e. The van der Waals surface area contributed by atoms with Gasteiger partial charge in [-0.2, -0.15) is 0 Å². The van der Waals surface area contributed by atoms with Gasteiger partial charge in [-0.1, -0.05) is 30.0 Å². The number of aliphatic imine (C=N–C) groups is 1. The van der Waals surface area contributed by atoms with Gasteiger partial charge in [0.1, 0.15) is 11.4 Å². The lowest BCUT2D eigenvalue weighted by Gasteiger charge is -2.37. The van der Waals surface area contributed by atoms with Crippen molar-refractivity contribution in [3.63, 3.8) is 0 Å². The third kappa shape index (κ3) is 5.73. The fraction of sp³-hybridized carbons (Fsp3) is 0.500. The van der Waals surface area contributed by atoms with Crippen molar-refractivity contribution in [3.8, 4) is 5.75 Å². The van der Waals surface area contributed by atoms with Gasteiger partial charge in [0.05, 0.1) is 36.9 Å². The SMILES string of the molecule is COc1ccccc1[C@H]1C(C(=O)OC(C)(C)C)=C(C)N=C2SC=C(CC(=O)NC[C@@H]3CCCO3)N21. The largest absolute Gasteiger partial charge is 0.496 e. The average molecular weight is 500 g/mol. The van der Waals surface area contributed by atoms with E-state index in [1.54, 1.807) is 7.11 Å². The van der Waals surface area contributed by atoms with Crippen molar-refractivity contribution >= 4 is 28.8 Å². The first-order valence-electron chi connectivity index (χ1n) is 11.9. The van der Waals surface area contributed by atoms with E-state index < -0.39 is 17.6 Å². The van der Waals surface area contributed by atoms with E-state index in [4.69, 9.17) is 19.2 Å². The molecule has 3 heterocycles. The number of ether oxygens (including phenoxy) is 3. The van der Waals surface area contributed by atoms with Gasteiger partial charge < -0.3 is 24.4 Å². The lowest BCUT2D eigenvalue weighted by Crippen LogP contribution is -2.40. The zero-order chi connectivity index (χ0) is 25.2. The van der Waals surface area contributed by atoms with Crippen molar-refractivity contribution in [3.05, 3.63) is 52.2 Å². The van der Waals surface area contributed by atoms with Crippen LogP contribution in [0.2, 0.25) is 0 Å². The van der Waals surface area contributed by atoms with E-state index in [0.29, 0.717) is 28.7 Å². The van der Waals surface area contributed by atoms with Crippen molar-refractivity contribution in [2.75, 3.05) is 20.3 Å². The maximum absolute atomic E-state index is 13.4. The van der Waals surface area contributed by atoms with Crippen LogP contribution in [-0.4, -0.2) is 53.9 Å². The Hall–Kier alpha value is -2.78. The summed E-state index contributed by atoms with van der Waals surface area (Å²) in [5.41, 5.74) is 1.92. The van der Waals surface area contributed by atoms with Gasteiger partial charge in [-0.25, -0.2) is 9.79 Å². The molecule has 0 unspecified atom stereocenters. The molecule has 4 rings (SSSR count). The molecule has 3 aliphatic heterocycles. The van der Waals surface area contributed by atoms with E-state index in [1.165, 1.54) is 11.8 Å². The van der Waals surface area contributed by atoms with Crippen LogP contribution in [-0.2, 0) is 19.1 Å². The van der Waals surface area contributed by atoms with Crippen LogP contribution in [0.5, 0.6) is 5.75 Å². The molecule has 1 aromatic carbocycles. The topological polar surface area (TPSA) is 89.5 Å². The highest BCUT2D eigenvalue weighted by Crippen LogP contribution is 2.47. The number of rotatable bonds is 7. The van der Waals surface area contributed by atoms with Crippen LogP contribution in [0.15, 0.2) is 51.6 Å². The van der Waals surface area contributed by atoms with Gasteiger partial charge >= 0.3 is 5.97 Å². The second-order valence-electron chi connectivity index (χ2n) is 9.75. The summed E-state index contributed by atoms with van der Waals surface area (Å²) in [5.74, 6) is 0.108. The zero-order valence-corrected chi connectivity index (χ0v) is 21.7. The molecule has 1 aromatic rings. The number of fused-ring (bicyclic) bond motifs is 1. The number of hydrogen-bond acceptors (Lipinski definition) is 8. The van der Waals surface area contributed by atoms with Gasteiger partial charge in [0, 0.05) is 24.4 Å². The maximum atomic E-state index is 13.4. The van der Waals surface area contributed by atoms with Crippen molar-refractivity contribution in [2.24, 2.45) is 4.99 Å². The number of nitrogens with zero attached hydrogens (tertiary/aromatic N) is 2. The highest BCUT2D eigenvalue weighted by atomic mass is 32.2. The number of nitrogens with one attached hydrogen (secondary N) is 1. The number of esters is 1. The van der Waals surface area contributed by atoms with Crippen LogP contribution in [0.3, 0.4) is 0 Å². The van der Waals surface area contributed by atoms with Gasteiger partial charge in [-0.05, 0) is 52.0 Å². The van der Waals surface area contributed by atoms with Crippen molar-refractivity contribution in [1.29, 1.82) is 0 Å². The monoisotopic (exact) mass is 499 g/mol. The number of thioether (sulfide) groups is 1. The van der Waals surface area contributed by atoms with E-state index in [0.717, 1.165) is 30.7 Å². The van der Waals surface area contributed by atoms with Crippen LogP contribution in [0.25, 0.3) is 0 Å². The Labute approximate surface area is 210 Å². The summed E-state index contributed by atoms with van der Waals surface area (Å²) in [7, 11) is 1.61. The molecule has 0 saturated carbocycles. The molecule has 0 spiro atoms. The van der Waals surface area contributed by atoms with E-state index in [1.807, 2.05) is 62.3 Å². The first kappa shape index (κ1) is 25.3. The molecule has 1 N–H and O–H groups in total. The molecule has 8 nitrogen and oxygen atoms in total. The Morgan fingerprint density at radius 2 is 2.06 bits per heavy atom. The number of benzene rings is 1. The number of allylic oxidation sites excluding steroid dienone is 1. The van der Waals surface area contributed by atoms with E-state index >= 15 is 0 Å². The smallest absolute Gasteiger partial charge is 0.338 e. The predicted octanol–water partition coefficient (Wildman–Crippen LogP) is 4.30. The molecule has 1 amide bonds. The first-order chi connectivity index (χ1) is 16.7.